The Hall–Kier alpha value is -1.72. The molecule has 2 nitrogen and oxygen atoms in total. The largest absolute Gasteiger partial charge is 0.465 e. The Morgan fingerprint density at radius 3 is 1.24 bits per heavy atom. The number of hydrogen-bond donors (Lipinski definition) is 0. The van der Waals surface area contributed by atoms with Gasteiger partial charge in [0.1, 0.15) is 0 Å². The minimum absolute atomic E-state index is 0.0124. The van der Waals surface area contributed by atoms with Crippen molar-refractivity contribution in [2.75, 3.05) is 6.61 Å². The van der Waals surface area contributed by atoms with E-state index in [1.54, 1.807) is 0 Å². The smallest absolute Gasteiger partial charge is 0.460 e. The Kier molecular flexibility index (Phi) is 8.35. The normalized spacial score (nSPS) is 15.6. The third kappa shape index (κ3) is 4.77. The fraction of sp³-hybridized carbons (Fsp3) is 0.929. The maximum absolute atomic E-state index is 13.5. The van der Waals surface area contributed by atoms with E-state index in [2.05, 4.69) is 4.74 Å². The molecule has 0 saturated heterocycles. The van der Waals surface area contributed by atoms with E-state index in [1.165, 1.54) is 6.92 Å². The quantitative estimate of drug-likeness (QED) is 0.217. The van der Waals surface area contributed by atoms with Crippen molar-refractivity contribution in [1.29, 1.82) is 0 Å². The van der Waals surface area contributed by atoms with Crippen LogP contribution in [0.1, 0.15) is 26.2 Å². The molecule has 198 valence electrons. The first-order valence-corrected chi connectivity index (χ1v) is 8.07. The fourth-order valence-corrected chi connectivity index (χ4v) is 1.92. The molecule has 0 spiro atoms. The first kappa shape index (κ1) is 31.3. The number of carbonyl (C=O) groups is 1. The first-order valence-electron chi connectivity index (χ1n) is 8.07. The van der Waals surface area contributed by atoms with Gasteiger partial charge in [-0.3, -0.25) is 4.79 Å². The highest BCUT2D eigenvalue weighted by Crippen LogP contribution is 2.64. The molecule has 0 aliphatic heterocycles. The van der Waals surface area contributed by atoms with Crippen LogP contribution in [0.5, 0.6) is 0 Å². The summed E-state index contributed by atoms with van der Waals surface area (Å²) in [6.07, 6.45) is -11.1. The zero-order chi connectivity index (χ0) is 27.1. The summed E-state index contributed by atoms with van der Waals surface area (Å²) in [5.74, 6) is -58.0. The van der Waals surface area contributed by atoms with Gasteiger partial charge in [-0.2, -0.15) is 74.6 Å². The molecule has 0 amide bonds. The third-order valence-electron chi connectivity index (χ3n) is 3.92. The monoisotopic (exact) mass is 534 g/mol. The van der Waals surface area contributed by atoms with Gasteiger partial charge in [-0.1, -0.05) is 6.92 Å². The van der Waals surface area contributed by atoms with E-state index in [0.717, 1.165) is 0 Å². The highest BCUT2D eigenvalue weighted by Gasteiger charge is 2.95. The van der Waals surface area contributed by atoms with Gasteiger partial charge in [-0.25, -0.2) is 0 Å². The van der Waals surface area contributed by atoms with Crippen LogP contribution in [0.15, 0.2) is 0 Å². The van der Waals surface area contributed by atoms with Gasteiger partial charge in [-0.05, 0) is 6.42 Å². The Bertz CT molecular complexity index is 694. The number of rotatable bonds is 11. The number of ether oxygens (including phenoxy) is 1. The van der Waals surface area contributed by atoms with E-state index in [9.17, 15) is 79.4 Å². The lowest BCUT2D eigenvalue weighted by molar-refractivity contribution is -0.461. The van der Waals surface area contributed by atoms with Crippen LogP contribution in [0.4, 0.5) is 74.6 Å². The van der Waals surface area contributed by atoms with Gasteiger partial charge in [0.15, 0.2) is 0 Å². The highest BCUT2D eigenvalue weighted by molar-refractivity contribution is 5.69. The number of esters is 1. The van der Waals surface area contributed by atoms with Crippen LogP contribution in [0.3, 0.4) is 0 Å². The Balaban J connectivity index is 6.29. The Labute approximate surface area is 172 Å². The van der Waals surface area contributed by atoms with Gasteiger partial charge in [0.25, 0.3) is 0 Å². The molecule has 0 aromatic carbocycles. The fourth-order valence-electron chi connectivity index (χ4n) is 1.92. The van der Waals surface area contributed by atoms with Gasteiger partial charge < -0.3 is 4.74 Å². The standard InChI is InChI=1S/C14H11F17O2/c1-2-3-6(32)33-5-4-7(15,16)8(17,18)9(19,20)10(21,22)11(23,24)12(25,26)13(27,28)14(29,30)31/h2-5H2,1H3. The topological polar surface area (TPSA) is 26.3 Å². The number of alkyl halides is 17. The average Bonchev–Trinajstić information content (AvgIpc) is 2.59. The molecule has 0 aliphatic carbocycles. The van der Waals surface area contributed by atoms with E-state index in [1.807, 2.05) is 0 Å². The lowest BCUT2D eigenvalue weighted by Crippen LogP contribution is -2.74. The van der Waals surface area contributed by atoms with Crippen LogP contribution >= 0.6 is 0 Å². The second kappa shape index (κ2) is 8.81. The predicted molar refractivity (Wildman–Crippen MR) is 71.2 cm³/mol. The summed E-state index contributed by atoms with van der Waals surface area (Å²) in [6.45, 7) is -0.604. The lowest BCUT2D eigenvalue weighted by atomic mass is 9.88. The molecular formula is C14H11F17O2. The number of hydrogen-bond acceptors (Lipinski definition) is 2. The molecule has 0 radical (unpaired) electrons. The lowest BCUT2D eigenvalue weighted by Gasteiger charge is -2.42. The summed E-state index contributed by atoms with van der Waals surface area (Å²) in [4.78, 5) is 10.9. The van der Waals surface area contributed by atoms with Gasteiger partial charge in [0.2, 0.25) is 0 Å². The van der Waals surface area contributed by atoms with Crippen molar-refractivity contribution in [3.8, 4) is 0 Å². The van der Waals surface area contributed by atoms with E-state index in [4.69, 9.17) is 0 Å². The van der Waals surface area contributed by atoms with Crippen molar-refractivity contribution in [1.82, 2.24) is 0 Å². The van der Waals surface area contributed by atoms with Crippen LogP contribution in [0.2, 0.25) is 0 Å². The van der Waals surface area contributed by atoms with Crippen LogP contribution in [-0.2, 0) is 9.53 Å². The first-order chi connectivity index (χ1) is 14.2. The van der Waals surface area contributed by atoms with Crippen molar-refractivity contribution >= 4 is 5.97 Å². The summed E-state index contributed by atoms with van der Waals surface area (Å²) in [7, 11) is 0. The molecule has 0 rings (SSSR count). The molecular weight excluding hydrogens is 523 g/mol. The summed E-state index contributed by atoms with van der Waals surface area (Å²) in [5, 5.41) is 0. The van der Waals surface area contributed by atoms with Gasteiger partial charge in [0.05, 0.1) is 13.0 Å². The van der Waals surface area contributed by atoms with E-state index < -0.39 is 73.1 Å². The van der Waals surface area contributed by atoms with Gasteiger partial charge in [-0.15, -0.1) is 0 Å². The van der Waals surface area contributed by atoms with Crippen LogP contribution < -0.4 is 0 Å². The zero-order valence-corrected chi connectivity index (χ0v) is 15.6. The summed E-state index contributed by atoms with van der Waals surface area (Å²) in [5.41, 5.74) is 0. The minimum Gasteiger partial charge on any atom is -0.465 e. The SMILES string of the molecule is CCCC(=O)OCCC(F)(F)C(F)(F)C(F)(F)C(F)(F)C(F)(F)C(F)(F)C(F)(F)C(F)(F)F. The highest BCUT2D eigenvalue weighted by atomic mass is 19.4. The molecule has 0 bridgehead atoms. The van der Waals surface area contributed by atoms with Crippen molar-refractivity contribution in [2.24, 2.45) is 0 Å². The van der Waals surface area contributed by atoms with Crippen LogP contribution in [-0.4, -0.2) is 60.2 Å². The second-order valence-corrected chi connectivity index (χ2v) is 6.37. The van der Waals surface area contributed by atoms with Crippen LogP contribution in [0, 0.1) is 0 Å². The third-order valence-corrected chi connectivity index (χ3v) is 3.92. The molecule has 0 aliphatic rings. The molecule has 0 aromatic rings. The molecule has 0 fully saturated rings. The number of halogens is 17. The zero-order valence-electron chi connectivity index (χ0n) is 15.6. The van der Waals surface area contributed by atoms with Crippen molar-refractivity contribution < 1.29 is 84.2 Å². The molecule has 33 heavy (non-hydrogen) atoms. The molecule has 0 N–H and O–H groups in total. The number of carbonyl (C=O) groups excluding carboxylic acids is 1. The van der Waals surface area contributed by atoms with E-state index >= 15 is 0 Å². The van der Waals surface area contributed by atoms with Gasteiger partial charge in [0, 0.05) is 6.42 Å². The van der Waals surface area contributed by atoms with Gasteiger partial charge >= 0.3 is 53.6 Å². The molecule has 0 atom stereocenters. The summed E-state index contributed by atoms with van der Waals surface area (Å²) in [6, 6.07) is 0. The average molecular weight is 534 g/mol. The summed E-state index contributed by atoms with van der Waals surface area (Å²) < 4.78 is 225. The molecule has 0 unspecified atom stereocenters. The Morgan fingerprint density at radius 2 is 0.909 bits per heavy atom. The maximum Gasteiger partial charge on any atom is 0.460 e. The summed E-state index contributed by atoms with van der Waals surface area (Å²) >= 11 is 0. The van der Waals surface area contributed by atoms with E-state index in [-0.39, 0.29) is 6.42 Å². The predicted octanol–water partition coefficient (Wildman–Crippen LogP) is 6.73. The Morgan fingerprint density at radius 1 is 0.576 bits per heavy atom. The van der Waals surface area contributed by atoms with Crippen molar-refractivity contribution in [3.05, 3.63) is 0 Å². The van der Waals surface area contributed by atoms with Crippen molar-refractivity contribution in [3.63, 3.8) is 0 Å². The van der Waals surface area contributed by atoms with E-state index in [0.29, 0.717) is 0 Å². The second-order valence-electron chi connectivity index (χ2n) is 6.37. The minimum atomic E-state index is -8.66. The maximum atomic E-state index is 13.5. The molecule has 19 heteroatoms. The van der Waals surface area contributed by atoms with Crippen LogP contribution in [0.25, 0.3) is 0 Å². The van der Waals surface area contributed by atoms with Crippen molar-refractivity contribution in [2.45, 2.75) is 73.8 Å². The molecule has 0 aromatic heterocycles. The molecule has 0 saturated carbocycles. The molecule has 0 heterocycles.